The van der Waals surface area contributed by atoms with Gasteiger partial charge in [0, 0.05) is 5.16 Å². The predicted molar refractivity (Wildman–Crippen MR) is 151 cm³/mol. The van der Waals surface area contributed by atoms with E-state index in [-0.39, 0.29) is 13.7 Å². The minimum Gasteiger partial charge on any atom is -0.405 e. The second kappa shape index (κ2) is 10.7. The molecule has 0 spiro atoms. The van der Waals surface area contributed by atoms with Gasteiger partial charge in [-0.3, -0.25) is 0 Å². The molecule has 2 aliphatic carbocycles. The highest BCUT2D eigenvalue weighted by atomic mass is 31.1. The predicted octanol–water partition coefficient (Wildman–Crippen LogP) is 8.56. The zero-order chi connectivity index (χ0) is 25.1. The second-order valence-electron chi connectivity index (χ2n) is 10.6. The Balaban J connectivity index is 0.000000917. The van der Waals surface area contributed by atoms with E-state index in [9.17, 15) is 4.39 Å². The minimum atomic E-state index is -0.159. The molecule has 1 nitrogen and oxygen atoms in total. The van der Waals surface area contributed by atoms with Gasteiger partial charge in [0.25, 0.3) is 0 Å². The summed E-state index contributed by atoms with van der Waals surface area (Å²) >= 11 is 0. The molecule has 2 unspecified atom stereocenters. The summed E-state index contributed by atoms with van der Waals surface area (Å²) in [5, 5.41) is 0.300. The van der Waals surface area contributed by atoms with Crippen LogP contribution in [0.2, 0.25) is 0 Å². The first-order chi connectivity index (χ1) is 16.8. The zero-order valence-corrected chi connectivity index (χ0v) is 22.4. The van der Waals surface area contributed by atoms with Gasteiger partial charge in [0.2, 0.25) is 0 Å². The summed E-state index contributed by atoms with van der Waals surface area (Å²) in [5.41, 5.74) is 14.0. The quantitative estimate of drug-likeness (QED) is 0.406. The van der Waals surface area contributed by atoms with Gasteiger partial charge in [0.15, 0.2) is 0 Å². The third-order valence-corrected chi connectivity index (χ3v) is 11.4. The van der Waals surface area contributed by atoms with Crippen LogP contribution in [0.15, 0.2) is 96.3 Å². The standard InChI is InChI=1S/C30H34FP.C2H5N/c1-4-7-23-20-30(3)26(19-25(23)18-22-10-12-27(31)13-11-22)14-17-32(30)21-24-8-5-6-9-28(24)29(2)15-16-29;1-2-3/h4-13,19H,14-18,20-21H2,1-3H3;2H,1,3H2/b7-4-;. The van der Waals surface area contributed by atoms with E-state index < -0.39 is 0 Å². The fourth-order valence-corrected chi connectivity index (χ4v) is 8.91. The SMILES string of the molecule is C/C=C\C1=C(Cc2ccc(F)cc2)C=C2CCP(Cc3ccccc3C3(C)CC3)C2(C)C1.C=CN. The number of fused-ring (bicyclic) bond motifs is 1. The minimum absolute atomic E-state index is 0.102. The molecule has 3 heteroatoms. The first-order valence-corrected chi connectivity index (χ1v) is 14.5. The molecule has 1 saturated heterocycles. The Bertz CT molecular complexity index is 1150. The first-order valence-electron chi connectivity index (χ1n) is 12.8. The van der Waals surface area contributed by atoms with E-state index in [1.165, 1.54) is 54.5 Å². The molecule has 35 heavy (non-hydrogen) atoms. The van der Waals surface area contributed by atoms with Gasteiger partial charge >= 0.3 is 0 Å². The van der Waals surface area contributed by atoms with Crippen molar-refractivity contribution in [3.63, 3.8) is 0 Å². The maximum absolute atomic E-state index is 13.4. The number of rotatable bonds is 6. The molecule has 2 aromatic carbocycles. The summed E-state index contributed by atoms with van der Waals surface area (Å²) in [6.07, 6.45) is 16.8. The smallest absolute Gasteiger partial charge is 0.123 e. The Kier molecular flexibility index (Phi) is 7.82. The molecule has 1 aliphatic heterocycles. The van der Waals surface area contributed by atoms with Crippen molar-refractivity contribution in [2.24, 2.45) is 5.73 Å². The van der Waals surface area contributed by atoms with Crippen molar-refractivity contribution in [1.29, 1.82) is 0 Å². The van der Waals surface area contributed by atoms with Gasteiger partial charge in [-0.15, -0.1) is 0 Å². The Hall–Kier alpha value is -2.44. The van der Waals surface area contributed by atoms with Crippen molar-refractivity contribution in [2.45, 2.75) is 69.6 Å². The lowest BCUT2D eigenvalue weighted by Crippen LogP contribution is -2.26. The number of nitrogens with two attached hydrogens (primary N) is 1. The van der Waals surface area contributed by atoms with Crippen LogP contribution in [0, 0.1) is 5.82 Å². The Morgan fingerprint density at radius 2 is 1.77 bits per heavy atom. The van der Waals surface area contributed by atoms with Crippen molar-refractivity contribution in [2.75, 3.05) is 6.16 Å². The summed E-state index contributed by atoms with van der Waals surface area (Å²) in [6, 6.07) is 16.3. The van der Waals surface area contributed by atoms with E-state index in [1.807, 2.05) is 12.1 Å². The normalized spacial score (nSPS) is 24.5. The molecule has 0 radical (unpaired) electrons. The molecule has 2 aromatic rings. The van der Waals surface area contributed by atoms with Crippen LogP contribution in [-0.4, -0.2) is 11.3 Å². The van der Waals surface area contributed by atoms with Gasteiger partial charge in [-0.1, -0.05) is 88.5 Å². The average Bonchev–Trinajstić information content (AvgIpc) is 3.51. The molecular weight excluding hydrogens is 448 g/mol. The Morgan fingerprint density at radius 1 is 1.09 bits per heavy atom. The third-order valence-electron chi connectivity index (χ3n) is 8.04. The van der Waals surface area contributed by atoms with Crippen LogP contribution in [0.5, 0.6) is 0 Å². The van der Waals surface area contributed by atoms with E-state index in [4.69, 9.17) is 0 Å². The van der Waals surface area contributed by atoms with Crippen LogP contribution in [-0.2, 0) is 18.0 Å². The monoisotopic (exact) mass is 487 g/mol. The molecule has 0 amide bonds. The van der Waals surface area contributed by atoms with E-state index >= 15 is 0 Å². The number of benzene rings is 2. The van der Waals surface area contributed by atoms with E-state index in [2.05, 4.69) is 75.6 Å². The molecule has 5 rings (SSSR count). The number of hydrogen-bond acceptors (Lipinski definition) is 1. The van der Waals surface area contributed by atoms with Crippen LogP contribution in [0.3, 0.4) is 0 Å². The van der Waals surface area contributed by atoms with Crippen molar-refractivity contribution in [3.8, 4) is 0 Å². The summed E-state index contributed by atoms with van der Waals surface area (Å²) in [4.78, 5) is 0. The van der Waals surface area contributed by atoms with Crippen LogP contribution < -0.4 is 5.73 Å². The molecule has 0 aromatic heterocycles. The van der Waals surface area contributed by atoms with E-state index in [0.29, 0.717) is 10.6 Å². The van der Waals surface area contributed by atoms with Gasteiger partial charge in [-0.05, 0) is 103 Å². The van der Waals surface area contributed by atoms with Crippen molar-refractivity contribution >= 4 is 7.92 Å². The fraction of sp³-hybridized carbons (Fsp3) is 0.375. The summed E-state index contributed by atoms with van der Waals surface area (Å²) < 4.78 is 13.4. The Labute approximate surface area is 212 Å². The van der Waals surface area contributed by atoms with E-state index in [0.717, 1.165) is 12.8 Å². The highest BCUT2D eigenvalue weighted by molar-refractivity contribution is 7.59. The maximum Gasteiger partial charge on any atom is 0.123 e. The highest BCUT2D eigenvalue weighted by Crippen LogP contribution is 2.66. The van der Waals surface area contributed by atoms with Gasteiger partial charge in [0.05, 0.1) is 0 Å². The second-order valence-corrected chi connectivity index (χ2v) is 13.4. The average molecular weight is 488 g/mol. The van der Waals surface area contributed by atoms with E-state index in [1.54, 1.807) is 28.8 Å². The Morgan fingerprint density at radius 3 is 2.43 bits per heavy atom. The molecular formula is C32H39FNP. The van der Waals surface area contributed by atoms with Crippen molar-refractivity contribution in [1.82, 2.24) is 0 Å². The fourth-order valence-electron chi connectivity index (χ4n) is 5.73. The molecule has 1 saturated carbocycles. The maximum atomic E-state index is 13.4. The number of halogens is 1. The first kappa shape index (κ1) is 25.6. The summed E-state index contributed by atoms with van der Waals surface area (Å²) in [6.45, 7) is 10.2. The molecule has 184 valence electrons. The third kappa shape index (κ3) is 5.54. The lowest BCUT2D eigenvalue weighted by molar-refractivity contribution is 0.627. The van der Waals surface area contributed by atoms with Crippen LogP contribution in [0.1, 0.15) is 63.1 Å². The molecule has 2 N–H and O–H groups in total. The zero-order valence-electron chi connectivity index (χ0n) is 21.5. The molecule has 2 fully saturated rings. The molecule has 1 heterocycles. The molecule has 0 bridgehead atoms. The van der Waals surface area contributed by atoms with Crippen molar-refractivity contribution < 1.29 is 4.39 Å². The molecule has 3 aliphatic rings. The molecule has 2 atom stereocenters. The lowest BCUT2D eigenvalue weighted by atomic mass is 9.81. The van der Waals surface area contributed by atoms with Gasteiger partial charge in [-0.25, -0.2) is 4.39 Å². The van der Waals surface area contributed by atoms with Gasteiger partial charge in [0.1, 0.15) is 5.82 Å². The summed E-state index contributed by atoms with van der Waals surface area (Å²) in [7, 11) is -0.102. The topological polar surface area (TPSA) is 26.0 Å². The van der Waals surface area contributed by atoms with Gasteiger partial charge < -0.3 is 5.73 Å². The van der Waals surface area contributed by atoms with Crippen molar-refractivity contribution in [3.05, 3.63) is 119 Å². The number of hydrogen-bond donors (Lipinski definition) is 1. The highest BCUT2D eigenvalue weighted by Gasteiger charge is 2.46. The van der Waals surface area contributed by atoms with Crippen LogP contribution >= 0.6 is 7.92 Å². The van der Waals surface area contributed by atoms with Crippen LogP contribution in [0.25, 0.3) is 0 Å². The number of allylic oxidation sites excluding steroid dienone is 6. The van der Waals surface area contributed by atoms with Gasteiger partial charge in [-0.2, -0.15) is 0 Å². The largest absolute Gasteiger partial charge is 0.405 e. The lowest BCUT2D eigenvalue weighted by Gasteiger charge is -2.38. The summed E-state index contributed by atoms with van der Waals surface area (Å²) in [5.74, 6) is -0.159. The van der Waals surface area contributed by atoms with Crippen LogP contribution in [0.4, 0.5) is 4.39 Å².